The van der Waals surface area contributed by atoms with Crippen LogP contribution in [-0.2, 0) is 0 Å². The van der Waals surface area contributed by atoms with Crippen LogP contribution in [0.2, 0.25) is 0 Å². The Bertz CT molecular complexity index is 657. The van der Waals surface area contributed by atoms with Crippen LogP contribution in [0, 0.1) is 0 Å². The van der Waals surface area contributed by atoms with Crippen LogP contribution >= 0.6 is 0 Å². The van der Waals surface area contributed by atoms with E-state index in [0.29, 0.717) is 5.75 Å². The normalized spacial score (nSPS) is 11.1. The molecule has 0 bridgehead atoms. The van der Waals surface area contributed by atoms with E-state index < -0.39 is 18.6 Å². The van der Waals surface area contributed by atoms with Gasteiger partial charge in [0, 0.05) is 12.3 Å². The van der Waals surface area contributed by atoms with Crippen molar-refractivity contribution in [2.75, 3.05) is 6.61 Å². The summed E-state index contributed by atoms with van der Waals surface area (Å²) in [5.41, 5.74) is 0.0581. The average molecular weight is 311 g/mol. The number of halogens is 3. The van der Waals surface area contributed by atoms with Crippen molar-refractivity contribution in [3.63, 3.8) is 0 Å². The molecule has 0 spiro atoms. The molecule has 1 aromatic carbocycles. The Morgan fingerprint density at radius 2 is 2.00 bits per heavy atom. The maximum atomic E-state index is 12.3. The Morgan fingerprint density at radius 3 is 2.59 bits per heavy atom. The van der Waals surface area contributed by atoms with E-state index in [9.17, 15) is 18.0 Å². The molecule has 2 aromatic rings. The summed E-state index contributed by atoms with van der Waals surface area (Å²) in [5.74, 6) is 0.0892. The van der Waals surface area contributed by atoms with Gasteiger partial charge in [-0.05, 0) is 31.2 Å². The van der Waals surface area contributed by atoms with Crippen LogP contribution in [0.1, 0.15) is 17.3 Å². The molecular weight excluding hydrogens is 299 g/mol. The number of ether oxygens (including phenoxy) is 2. The third-order valence-electron chi connectivity index (χ3n) is 2.59. The lowest BCUT2D eigenvalue weighted by Gasteiger charge is -2.13. The lowest BCUT2D eigenvalue weighted by Crippen LogP contribution is -2.20. The van der Waals surface area contributed by atoms with Crippen molar-refractivity contribution in [3.05, 3.63) is 48.3 Å². The summed E-state index contributed by atoms with van der Waals surface area (Å²) in [6, 6.07) is 7.38. The minimum Gasteiger partial charge on any atom is -0.483 e. The molecule has 0 aliphatic heterocycles. The van der Waals surface area contributed by atoms with Crippen molar-refractivity contribution in [1.29, 1.82) is 0 Å². The number of carbonyl (C=O) groups excluding carboxylic acids is 1. The summed E-state index contributed by atoms with van der Waals surface area (Å²) in [6.45, 7) is -0.235. The molecule has 0 fully saturated rings. The number of nitrogens with zero attached hydrogens (tertiary/aromatic N) is 1. The Kier molecular flexibility index (Phi) is 4.65. The first-order valence-electron chi connectivity index (χ1n) is 6.27. The number of Topliss-reactive ketones (excluding diaryl/α,β-unsaturated/α-hetero) is 1. The second-order valence-corrected chi connectivity index (χ2v) is 4.41. The van der Waals surface area contributed by atoms with Gasteiger partial charge in [-0.25, -0.2) is 0 Å². The highest BCUT2D eigenvalue weighted by Crippen LogP contribution is 2.29. The predicted octanol–water partition coefficient (Wildman–Crippen LogP) is 4.02. The molecule has 0 saturated carbocycles. The van der Waals surface area contributed by atoms with Crippen molar-refractivity contribution < 1.29 is 27.4 Å². The van der Waals surface area contributed by atoms with E-state index in [0.717, 1.165) is 0 Å². The zero-order valence-corrected chi connectivity index (χ0v) is 11.6. The maximum absolute atomic E-state index is 12.3. The molecule has 0 aliphatic carbocycles. The number of benzene rings is 1. The maximum Gasteiger partial charge on any atom is 0.422 e. The molecule has 0 aliphatic rings. The molecule has 2 rings (SSSR count). The molecule has 1 aromatic heterocycles. The predicted molar refractivity (Wildman–Crippen MR) is 72.3 cm³/mol. The second kappa shape index (κ2) is 6.46. The fourth-order valence-electron chi connectivity index (χ4n) is 1.68. The van der Waals surface area contributed by atoms with Crippen molar-refractivity contribution in [2.24, 2.45) is 0 Å². The van der Waals surface area contributed by atoms with Gasteiger partial charge in [0.1, 0.15) is 17.2 Å². The topological polar surface area (TPSA) is 48.4 Å². The van der Waals surface area contributed by atoms with Crippen molar-refractivity contribution in [3.8, 4) is 17.2 Å². The van der Waals surface area contributed by atoms with Gasteiger partial charge in [-0.1, -0.05) is 0 Å². The number of ketones is 1. The van der Waals surface area contributed by atoms with Crippen LogP contribution in [0.3, 0.4) is 0 Å². The molecule has 0 amide bonds. The van der Waals surface area contributed by atoms with E-state index in [1.54, 1.807) is 18.3 Å². The van der Waals surface area contributed by atoms with Crippen LogP contribution in [0.15, 0.2) is 42.7 Å². The Balaban J connectivity index is 2.24. The van der Waals surface area contributed by atoms with Gasteiger partial charge in [0.25, 0.3) is 0 Å². The summed E-state index contributed by atoms with van der Waals surface area (Å²) in [7, 11) is 0. The van der Waals surface area contributed by atoms with E-state index >= 15 is 0 Å². The summed E-state index contributed by atoms with van der Waals surface area (Å²) in [4.78, 5) is 15.3. The molecule has 0 saturated heterocycles. The highest BCUT2D eigenvalue weighted by molar-refractivity contribution is 5.97. The molecule has 7 heteroatoms. The first-order chi connectivity index (χ1) is 10.3. The van der Waals surface area contributed by atoms with Crippen molar-refractivity contribution >= 4 is 5.78 Å². The lowest BCUT2D eigenvalue weighted by molar-refractivity contribution is -0.153. The zero-order chi connectivity index (χ0) is 16.2. The molecule has 1 heterocycles. The minimum absolute atomic E-state index is 0.0581. The number of alkyl halides is 3. The van der Waals surface area contributed by atoms with Gasteiger partial charge in [-0.3, -0.25) is 9.78 Å². The van der Waals surface area contributed by atoms with Gasteiger partial charge < -0.3 is 9.47 Å². The molecule has 0 atom stereocenters. The Morgan fingerprint density at radius 1 is 1.23 bits per heavy atom. The zero-order valence-electron chi connectivity index (χ0n) is 11.6. The Hall–Kier alpha value is -2.57. The highest BCUT2D eigenvalue weighted by atomic mass is 19.4. The van der Waals surface area contributed by atoms with E-state index in [1.165, 1.54) is 31.3 Å². The van der Waals surface area contributed by atoms with Crippen molar-refractivity contribution in [1.82, 2.24) is 4.98 Å². The van der Waals surface area contributed by atoms with Crippen LogP contribution in [0.4, 0.5) is 13.2 Å². The summed E-state index contributed by atoms with van der Waals surface area (Å²) >= 11 is 0. The standard InChI is InChI=1S/C15H12F3NO3/c1-10(20)13-5-4-11(22-12-3-2-6-19-8-12)7-14(13)21-9-15(16,17)18/h2-8H,9H2,1H3. The summed E-state index contributed by atoms with van der Waals surface area (Å²) < 4.78 is 47.0. The van der Waals surface area contributed by atoms with Gasteiger partial charge >= 0.3 is 6.18 Å². The lowest BCUT2D eigenvalue weighted by atomic mass is 10.1. The highest BCUT2D eigenvalue weighted by Gasteiger charge is 2.29. The fraction of sp³-hybridized carbons (Fsp3) is 0.200. The van der Waals surface area contributed by atoms with Crippen LogP contribution in [0.25, 0.3) is 0 Å². The molecular formula is C15H12F3NO3. The monoisotopic (exact) mass is 311 g/mol. The van der Waals surface area contributed by atoms with Gasteiger partial charge in [0.2, 0.25) is 0 Å². The molecule has 4 nitrogen and oxygen atoms in total. The third kappa shape index (κ3) is 4.47. The van der Waals surface area contributed by atoms with E-state index in [2.05, 4.69) is 4.98 Å². The summed E-state index contributed by atoms with van der Waals surface area (Å²) in [6.07, 6.45) is -1.48. The smallest absolute Gasteiger partial charge is 0.422 e. The summed E-state index contributed by atoms with van der Waals surface area (Å²) in [5, 5.41) is 0. The molecule has 116 valence electrons. The average Bonchev–Trinajstić information content (AvgIpc) is 2.45. The van der Waals surface area contributed by atoms with Crippen LogP contribution in [0.5, 0.6) is 17.2 Å². The molecule has 0 radical (unpaired) electrons. The van der Waals surface area contributed by atoms with Gasteiger partial charge in [0.05, 0.1) is 11.8 Å². The van der Waals surface area contributed by atoms with Crippen molar-refractivity contribution in [2.45, 2.75) is 13.1 Å². The first kappa shape index (κ1) is 15.8. The molecule has 22 heavy (non-hydrogen) atoms. The SMILES string of the molecule is CC(=O)c1ccc(Oc2cccnc2)cc1OCC(F)(F)F. The number of aromatic nitrogens is 1. The fourth-order valence-corrected chi connectivity index (χ4v) is 1.68. The number of hydrogen-bond acceptors (Lipinski definition) is 4. The number of pyridine rings is 1. The quantitative estimate of drug-likeness (QED) is 0.783. The molecule has 0 unspecified atom stereocenters. The van der Waals surface area contributed by atoms with Gasteiger partial charge in [0.15, 0.2) is 12.4 Å². The van der Waals surface area contributed by atoms with E-state index in [4.69, 9.17) is 9.47 Å². The van der Waals surface area contributed by atoms with Gasteiger partial charge in [-0.2, -0.15) is 13.2 Å². The third-order valence-corrected chi connectivity index (χ3v) is 2.59. The number of rotatable bonds is 5. The van der Waals surface area contributed by atoms with Crippen LogP contribution in [-0.4, -0.2) is 23.6 Å². The van der Waals surface area contributed by atoms with E-state index in [1.807, 2.05) is 0 Å². The first-order valence-corrected chi connectivity index (χ1v) is 6.27. The molecule has 0 N–H and O–H groups in total. The van der Waals surface area contributed by atoms with E-state index in [-0.39, 0.29) is 17.1 Å². The van der Waals surface area contributed by atoms with Gasteiger partial charge in [-0.15, -0.1) is 0 Å². The Labute approximate surface area is 124 Å². The number of carbonyl (C=O) groups is 1. The number of hydrogen-bond donors (Lipinski definition) is 0. The minimum atomic E-state index is -4.49. The largest absolute Gasteiger partial charge is 0.483 e. The second-order valence-electron chi connectivity index (χ2n) is 4.41. The van der Waals surface area contributed by atoms with Crippen LogP contribution < -0.4 is 9.47 Å².